The number of pyridine rings is 1. The molecule has 1 aromatic heterocycles. The molecule has 2 heterocycles. The van der Waals surface area contributed by atoms with Crippen molar-refractivity contribution in [3.8, 4) is 5.75 Å². The molecule has 1 atom stereocenters. The number of halogens is 1. The Morgan fingerprint density at radius 3 is 2.78 bits per heavy atom. The Hall–Kier alpha value is -1.76. The fourth-order valence-corrected chi connectivity index (χ4v) is 4.39. The fourth-order valence-electron chi connectivity index (χ4n) is 3.15. The molecule has 1 aromatic carbocycles. The van der Waals surface area contributed by atoms with Crippen LogP contribution in [0.15, 0.2) is 47.6 Å². The molecule has 0 radical (unpaired) electrons. The maximum Gasteiger partial charge on any atom is 0.241 e. The number of methoxy groups -OCH3 is 1. The Morgan fingerprint density at radius 2 is 2.11 bits per heavy atom. The van der Waals surface area contributed by atoms with Crippen LogP contribution in [0.2, 0.25) is 5.02 Å². The van der Waals surface area contributed by atoms with Gasteiger partial charge in [-0.15, -0.1) is 11.8 Å². The normalized spacial score (nSPS) is 16.7. The van der Waals surface area contributed by atoms with Crippen LogP contribution in [0, 0.1) is 0 Å². The summed E-state index contributed by atoms with van der Waals surface area (Å²) < 4.78 is 5.30. The van der Waals surface area contributed by atoms with E-state index in [9.17, 15) is 4.79 Å². The summed E-state index contributed by atoms with van der Waals surface area (Å²) in [6.07, 6.45) is 3.91. The van der Waals surface area contributed by atoms with Crippen LogP contribution in [0.5, 0.6) is 5.75 Å². The Morgan fingerprint density at radius 1 is 1.33 bits per heavy atom. The molecule has 0 bridgehead atoms. The second-order valence-corrected chi connectivity index (χ2v) is 8.29. The molecule has 7 heteroatoms. The van der Waals surface area contributed by atoms with Gasteiger partial charge < -0.3 is 10.1 Å². The predicted octanol–water partition coefficient (Wildman–Crippen LogP) is 4.33. The predicted molar refractivity (Wildman–Crippen MR) is 111 cm³/mol. The number of nitrogens with one attached hydrogen (secondary N) is 1. The summed E-state index contributed by atoms with van der Waals surface area (Å²) in [5.41, 5.74) is 0.599. The SMILES string of the molecule is COc1ccc(Cl)cc1NC(=O)[C@H](C)N1CCC(Sc2ccccn2)CC1. The topological polar surface area (TPSA) is 54.5 Å². The summed E-state index contributed by atoms with van der Waals surface area (Å²) in [4.78, 5) is 19.3. The van der Waals surface area contributed by atoms with Crippen LogP contribution in [0.1, 0.15) is 19.8 Å². The number of hydrogen-bond acceptors (Lipinski definition) is 5. The van der Waals surface area contributed by atoms with Crippen LogP contribution in [-0.4, -0.2) is 47.3 Å². The summed E-state index contributed by atoms with van der Waals surface area (Å²) >= 11 is 7.87. The molecular weight excluding hydrogens is 382 g/mol. The number of benzene rings is 1. The second-order valence-electron chi connectivity index (χ2n) is 6.53. The van der Waals surface area contributed by atoms with Gasteiger partial charge in [0.2, 0.25) is 5.91 Å². The van der Waals surface area contributed by atoms with Crippen molar-refractivity contribution in [3.63, 3.8) is 0 Å². The molecule has 0 aliphatic carbocycles. The fraction of sp³-hybridized carbons (Fsp3) is 0.400. The van der Waals surface area contributed by atoms with Crippen molar-refractivity contribution in [3.05, 3.63) is 47.6 Å². The van der Waals surface area contributed by atoms with E-state index in [0.29, 0.717) is 21.7 Å². The van der Waals surface area contributed by atoms with E-state index in [-0.39, 0.29) is 11.9 Å². The summed E-state index contributed by atoms with van der Waals surface area (Å²) in [5.74, 6) is 0.553. The van der Waals surface area contributed by atoms with Crippen molar-refractivity contribution >= 4 is 35.0 Å². The number of nitrogens with zero attached hydrogens (tertiary/aromatic N) is 2. The van der Waals surface area contributed by atoms with Gasteiger partial charge in [0, 0.05) is 16.5 Å². The minimum atomic E-state index is -0.213. The Balaban J connectivity index is 1.53. The molecule has 1 aliphatic heterocycles. The van der Waals surface area contributed by atoms with Crippen LogP contribution >= 0.6 is 23.4 Å². The Labute approximate surface area is 169 Å². The van der Waals surface area contributed by atoms with Crippen molar-refractivity contribution in [2.75, 3.05) is 25.5 Å². The molecule has 1 amide bonds. The van der Waals surface area contributed by atoms with Crippen LogP contribution in [-0.2, 0) is 4.79 Å². The van der Waals surface area contributed by atoms with Gasteiger partial charge in [-0.2, -0.15) is 0 Å². The molecule has 5 nitrogen and oxygen atoms in total. The zero-order valence-corrected chi connectivity index (χ0v) is 17.1. The number of anilines is 1. The molecule has 3 rings (SSSR count). The molecule has 0 unspecified atom stereocenters. The number of rotatable bonds is 6. The standard InChI is InChI=1S/C20H24ClN3O2S/c1-14(20(25)23-17-13-15(21)6-7-18(17)26-2)24-11-8-16(9-12-24)27-19-5-3-4-10-22-19/h3-7,10,13-14,16H,8-9,11-12H2,1-2H3,(H,23,25)/t14-/m0/s1. The van der Waals surface area contributed by atoms with E-state index in [1.165, 1.54) is 0 Å². The number of carbonyl (C=O) groups is 1. The number of ether oxygens (including phenoxy) is 1. The van der Waals surface area contributed by atoms with Gasteiger partial charge in [-0.25, -0.2) is 4.98 Å². The van der Waals surface area contributed by atoms with E-state index in [4.69, 9.17) is 16.3 Å². The van der Waals surface area contributed by atoms with Crippen molar-refractivity contribution in [2.45, 2.75) is 36.1 Å². The van der Waals surface area contributed by atoms with Crippen LogP contribution in [0.4, 0.5) is 5.69 Å². The molecule has 1 aliphatic rings. The number of thioether (sulfide) groups is 1. The highest BCUT2D eigenvalue weighted by molar-refractivity contribution is 7.99. The minimum absolute atomic E-state index is 0.0496. The molecule has 2 aromatic rings. The van der Waals surface area contributed by atoms with Gasteiger partial charge >= 0.3 is 0 Å². The minimum Gasteiger partial charge on any atom is -0.495 e. The smallest absolute Gasteiger partial charge is 0.241 e. The van der Waals surface area contributed by atoms with Crippen molar-refractivity contribution in [2.24, 2.45) is 0 Å². The average molecular weight is 406 g/mol. The third kappa shape index (κ3) is 5.37. The molecule has 144 valence electrons. The van der Waals surface area contributed by atoms with Gasteiger partial charge in [0.15, 0.2) is 0 Å². The van der Waals surface area contributed by atoms with Crippen molar-refractivity contribution < 1.29 is 9.53 Å². The third-order valence-corrected chi connectivity index (χ3v) is 6.27. The largest absolute Gasteiger partial charge is 0.495 e. The lowest BCUT2D eigenvalue weighted by Crippen LogP contribution is -2.46. The second kappa shape index (κ2) is 9.44. The maximum atomic E-state index is 12.7. The van der Waals surface area contributed by atoms with Crippen LogP contribution < -0.4 is 10.1 Å². The Bertz CT molecular complexity index is 767. The Kier molecular flexibility index (Phi) is 6.99. The van der Waals surface area contributed by atoms with E-state index in [2.05, 4.69) is 15.2 Å². The molecule has 0 spiro atoms. The molecule has 1 saturated heterocycles. The summed E-state index contributed by atoms with van der Waals surface area (Å²) in [7, 11) is 1.58. The number of hydrogen-bond donors (Lipinski definition) is 1. The maximum absolute atomic E-state index is 12.7. The number of aromatic nitrogens is 1. The zero-order chi connectivity index (χ0) is 19.2. The van der Waals surface area contributed by atoms with Crippen molar-refractivity contribution in [1.29, 1.82) is 0 Å². The monoisotopic (exact) mass is 405 g/mol. The highest BCUT2D eigenvalue weighted by atomic mass is 35.5. The summed E-state index contributed by atoms with van der Waals surface area (Å²) in [6.45, 7) is 3.73. The molecular formula is C20H24ClN3O2S. The number of amides is 1. The molecule has 1 N–H and O–H groups in total. The molecule has 1 fully saturated rings. The number of piperidine rings is 1. The van der Waals surface area contributed by atoms with Gasteiger partial charge in [-0.3, -0.25) is 9.69 Å². The first-order chi connectivity index (χ1) is 13.1. The van der Waals surface area contributed by atoms with E-state index >= 15 is 0 Å². The quantitative estimate of drug-likeness (QED) is 0.775. The third-order valence-electron chi connectivity index (χ3n) is 4.75. The van der Waals surface area contributed by atoms with Crippen LogP contribution in [0.25, 0.3) is 0 Å². The van der Waals surface area contributed by atoms with Gasteiger partial charge in [0.1, 0.15) is 5.75 Å². The van der Waals surface area contributed by atoms with E-state index in [1.807, 2.05) is 43.1 Å². The molecule has 0 saturated carbocycles. The van der Waals surface area contributed by atoms with E-state index in [1.54, 1.807) is 25.3 Å². The number of carbonyl (C=O) groups excluding carboxylic acids is 1. The van der Waals surface area contributed by atoms with E-state index in [0.717, 1.165) is 31.0 Å². The summed E-state index contributed by atoms with van der Waals surface area (Å²) in [5, 5.41) is 5.11. The first kappa shape index (κ1) is 20.0. The average Bonchev–Trinajstić information content (AvgIpc) is 2.69. The van der Waals surface area contributed by atoms with Gasteiger partial charge in [0.25, 0.3) is 0 Å². The lowest BCUT2D eigenvalue weighted by Gasteiger charge is -2.35. The highest BCUT2D eigenvalue weighted by Gasteiger charge is 2.27. The van der Waals surface area contributed by atoms with Gasteiger partial charge in [-0.1, -0.05) is 17.7 Å². The lowest BCUT2D eigenvalue weighted by molar-refractivity contribution is -0.121. The highest BCUT2D eigenvalue weighted by Crippen LogP contribution is 2.30. The van der Waals surface area contributed by atoms with Gasteiger partial charge in [0.05, 0.1) is 23.9 Å². The van der Waals surface area contributed by atoms with E-state index < -0.39 is 0 Å². The summed E-state index contributed by atoms with van der Waals surface area (Å²) in [6, 6.07) is 11.0. The molecule has 27 heavy (non-hydrogen) atoms. The van der Waals surface area contributed by atoms with Crippen LogP contribution in [0.3, 0.4) is 0 Å². The lowest BCUT2D eigenvalue weighted by atomic mass is 10.1. The first-order valence-corrected chi connectivity index (χ1v) is 10.3. The number of likely N-dealkylation sites (tertiary alicyclic amines) is 1. The zero-order valence-electron chi connectivity index (χ0n) is 15.5. The first-order valence-electron chi connectivity index (χ1n) is 9.03. The van der Waals surface area contributed by atoms with Crippen molar-refractivity contribution in [1.82, 2.24) is 9.88 Å². The van der Waals surface area contributed by atoms with Gasteiger partial charge in [-0.05, 0) is 63.2 Å².